The number of sulfonamides is 1. The van der Waals surface area contributed by atoms with Crippen molar-refractivity contribution in [1.29, 1.82) is 0 Å². The zero-order valence-electron chi connectivity index (χ0n) is 11.1. The van der Waals surface area contributed by atoms with Crippen LogP contribution in [0.1, 0.15) is 24.5 Å². The van der Waals surface area contributed by atoms with Gasteiger partial charge in [-0.3, -0.25) is 4.79 Å². The molecule has 1 aliphatic rings. The van der Waals surface area contributed by atoms with Crippen LogP contribution in [0.3, 0.4) is 0 Å². The number of anilines is 1. The van der Waals surface area contributed by atoms with Crippen molar-refractivity contribution in [3.8, 4) is 0 Å². The fraction of sp³-hybridized carbons (Fsp3) is 0.462. The Bertz CT molecular complexity index is 596. The first kappa shape index (κ1) is 14.0. The van der Waals surface area contributed by atoms with Gasteiger partial charge < -0.3 is 4.90 Å². The molecule has 1 aromatic carbocycles. The fourth-order valence-electron chi connectivity index (χ4n) is 2.23. The molecule has 0 unspecified atom stereocenters. The number of nitrogens with one attached hydrogen (secondary N) is 1. The van der Waals surface area contributed by atoms with Gasteiger partial charge in [-0.05, 0) is 23.6 Å². The van der Waals surface area contributed by atoms with E-state index in [0.29, 0.717) is 13.0 Å². The van der Waals surface area contributed by atoms with E-state index < -0.39 is 10.0 Å². The van der Waals surface area contributed by atoms with Gasteiger partial charge in [-0.1, -0.05) is 19.1 Å². The predicted molar refractivity (Wildman–Crippen MR) is 74.5 cm³/mol. The molecule has 0 fully saturated rings. The molecule has 1 amide bonds. The average Bonchev–Trinajstić information content (AvgIpc) is 2.77. The third kappa shape index (κ3) is 3.33. The number of amides is 1. The van der Waals surface area contributed by atoms with Gasteiger partial charge in [0, 0.05) is 25.2 Å². The van der Waals surface area contributed by atoms with E-state index in [9.17, 15) is 13.2 Å². The number of carbonyl (C=O) groups excluding carboxylic acids is 1. The summed E-state index contributed by atoms with van der Waals surface area (Å²) in [5.41, 5.74) is 2.97. The Morgan fingerprint density at radius 1 is 1.42 bits per heavy atom. The van der Waals surface area contributed by atoms with Crippen molar-refractivity contribution in [1.82, 2.24) is 4.72 Å². The second kappa shape index (κ2) is 5.30. The molecule has 1 aromatic rings. The average molecular weight is 282 g/mol. The summed E-state index contributed by atoms with van der Waals surface area (Å²) < 4.78 is 24.6. The molecule has 5 nitrogen and oxygen atoms in total. The maximum atomic E-state index is 11.8. The standard InChI is InChI=1S/C13H18N2O3S/c1-3-13(16)15-7-6-11-8-10(4-5-12(11)15)9-14-19(2,17)18/h4-5,8,14H,3,6-7,9H2,1-2H3. The summed E-state index contributed by atoms with van der Waals surface area (Å²) in [4.78, 5) is 13.5. The lowest BCUT2D eigenvalue weighted by Gasteiger charge is -2.16. The minimum atomic E-state index is -3.18. The van der Waals surface area contributed by atoms with Gasteiger partial charge in [0.25, 0.3) is 0 Å². The van der Waals surface area contributed by atoms with Crippen molar-refractivity contribution >= 4 is 21.6 Å². The molecule has 0 saturated carbocycles. The summed E-state index contributed by atoms with van der Waals surface area (Å²) in [5.74, 6) is 0.126. The molecule has 0 radical (unpaired) electrons. The molecule has 1 heterocycles. The third-order valence-electron chi connectivity index (χ3n) is 3.18. The minimum absolute atomic E-state index is 0.126. The Labute approximate surface area is 113 Å². The summed E-state index contributed by atoms with van der Waals surface area (Å²) in [7, 11) is -3.18. The predicted octanol–water partition coefficient (Wildman–Crippen LogP) is 1.03. The van der Waals surface area contributed by atoms with E-state index in [1.807, 2.05) is 25.1 Å². The van der Waals surface area contributed by atoms with Crippen molar-refractivity contribution in [3.63, 3.8) is 0 Å². The van der Waals surface area contributed by atoms with Crippen molar-refractivity contribution in [2.24, 2.45) is 0 Å². The first-order valence-corrected chi connectivity index (χ1v) is 8.16. The molecule has 0 saturated heterocycles. The van der Waals surface area contributed by atoms with Crippen LogP contribution < -0.4 is 9.62 Å². The Hall–Kier alpha value is -1.40. The van der Waals surface area contributed by atoms with E-state index in [1.165, 1.54) is 0 Å². The van der Waals surface area contributed by atoms with E-state index in [0.717, 1.165) is 29.5 Å². The highest BCUT2D eigenvalue weighted by atomic mass is 32.2. The number of fused-ring (bicyclic) bond motifs is 1. The molecule has 0 spiro atoms. The molecule has 104 valence electrons. The van der Waals surface area contributed by atoms with Gasteiger partial charge in [-0.15, -0.1) is 0 Å². The molecule has 0 bridgehead atoms. The van der Waals surface area contributed by atoms with Crippen LogP contribution >= 0.6 is 0 Å². The van der Waals surface area contributed by atoms with Crippen molar-refractivity contribution in [2.45, 2.75) is 26.3 Å². The number of nitrogens with zero attached hydrogens (tertiary/aromatic N) is 1. The second-order valence-electron chi connectivity index (χ2n) is 4.71. The number of benzene rings is 1. The summed E-state index contributed by atoms with van der Waals surface area (Å²) in [6, 6.07) is 5.73. The van der Waals surface area contributed by atoms with Gasteiger partial charge in [0.2, 0.25) is 15.9 Å². The van der Waals surface area contributed by atoms with Gasteiger partial charge in [0.05, 0.1) is 6.26 Å². The normalized spacial score (nSPS) is 14.5. The fourth-order valence-corrected chi connectivity index (χ4v) is 2.66. The van der Waals surface area contributed by atoms with Crippen LogP contribution in [0.4, 0.5) is 5.69 Å². The Morgan fingerprint density at radius 2 is 2.16 bits per heavy atom. The van der Waals surface area contributed by atoms with E-state index in [1.54, 1.807) is 4.90 Å². The lowest BCUT2D eigenvalue weighted by Crippen LogP contribution is -2.27. The quantitative estimate of drug-likeness (QED) is 0.897. The Kier molecular flexibility index (Phi) is 3.91. The van der Waals surface area contributed by atoms with Crippen LogP contribution in [0.5, 0.6) is 0 Å². The molecule has 1 aliphatic heterocycles. The lowest BCUT2D eigenvalue weighted by atomic mass is 10.1. The minimum Gasteiger partial charge on any atom is -0.312 e. The molecular weight excluding hydrogens is 264 g/mol. The highest BCUT2D eigenvalue weighted by molar-refractivity contribution is 7.88. The van der Waals surface area contributed by atoms with Crippen molar-refractivity contribution in [3.05, 3.63) is 29.3 Å². The molecule has 0 aromatic heterocycles. The Balaban J connectivity index is 2.16. The van der Waals surface area contributed by atoms with Crippen LogP contribution in [0.25, 0.3) is 0 Å². The summed E-state index contributed by atoms with van der Waals surface area (Å²) in [5, 5.41) is 0. The highest BCUT2D eigenvalue weighted by Gasteiger charge is 2.23. The monoisotopic (exact) mass is 282 g/mol. The first-order valence-electron chi connectivity index (χ1n) is 6.27. The van der Waals surface area contributed by atoms with Crippen LogP contribution in [0, 0.1) is 0 Å². The van der Waals surface area contributed by atoms with Crippen LogP contribution in [-0.2, 0) is 27.8 Å². The van der Waals surface area contributed by atoms with Crippen LogP contribution in [-0.4, -0.2) is 27.1 Å². The zero-order valence-corrected chi connectivity index (χ0v) is 12.0. The lowest BCUT2D eigenvalue weighted by molar-refractivity contribution is -0.118. The van der Waals surface area contributed by atoms with Crippen LogP contribution in [0.2, 0.25) is 0 Å². The Morgan fingerprint density at radius 3 is 2.79 bits per heavy atom. The molecule has 1 N–H and O–H groups in total. The zero-order chi connectivity index (χ0) is 14.0. The topological polar surface area (TPSA) is 66.5 Å². The molecule has 6 heteroatoms. The summed E-state index contributed by atoms with van der Waals surface area (Å²) in [6.45, 7) is 2.85. The number of rotatable bonds is 4. The van der Waals surface area contributed by atoms with Gasteiger partial charge in [0.1, 0.15) is 0 Å². The molecular formula is C13H18N2O3S. The van der Waals surface area contributed by atoms with Gasteiger partial charge >= 0.3 is 0 Å². The molecule has 0 aliphatic carbocycles. The molecule has 2 rings (SSSR count). The van der Waals surface area contributed by atoms with Gasteiger partial charge in [0.15, 0.2) is 0 Å². The van der Waals surface area contributed by atoms with Crippen LogP contribution in [0.15, 0.2) is 18.2 Å². The largest absolute Gasteiger partial charge is 0.312 e. The summed E-state index contributed by atoms with van der Waals surface area (Å²) in [6.07, 6.45) is 2.46. The van der Waals surface area contributed by atoms with E-state index in [-0.39, 0.29) is 12.5 Å². The first-order chi connectivity index (χ1) is 8.90. The number of carbonyl (C=O) groups is 1. The third-order valence-corrected chi connectivity index (χ3v) is 3.85. The van der Waals surface area contributed by atoms with E-state index in [4.69, 9.17) is 0 Å². The highest BCUT2D eigenvalue weighted by Crippen LogP contribution is 2.29. The molecule has 0 atom stereocenters. The van der Waals surface area contributed by atoms with Crippen molar-refractivity contribution in [2.75, 3.05) is 17.7 Å². The van der Waals surface area contributed by atoms with E-state index >= 15 is 0 Å². The smallest absolute Gasteiger partial charge is 0.226 e. The maximum absolute atomic E-state index is 11.8. The number of hydrogen-bond donors (Lipinski definition) is 1. The number of hydrogen-bond acceptors (Lipinski definition) is 3. The second-order valence-corrected chi connectivity index (χ2v) is 6.54. The van der Waals surface area contributed by atoms with Gasteiger partial charge in [-0.2, -0.15) is 0 Å². The SMILES string of the molecule is CCC(=O)N1CCc2cc(CNS(C)(=O)=O)ccc21. The van der Waals surface area contributed by atoms with E-state index in [2.05, 4.69) is 4.72 Å². The van der Waals surface area contributed by atoms with Crippen molar-refractivity contribution < 1.29 is 13.2 Å². The maximum Gasteiger partial charge on any atom is 0.226 e. The summed E-state index contributed by atoms with van der Waals surface area (Å²) >= 11 is 0. The molecule has 19 heavy (non-hydrogen) atoms. The van der Waals surface area contributed by atoms with Gasteiger partial charge in [-0.25, -0.2) is 13.1 Å².